The molecule has 0 unspecified atom stereocenters. The number of fused-ring (bicyclic) bond motifs is 4. The van der Waals surface area contributed by atoms with Crippen molar-refractivity contribution in [1.29, 1.82) is 0 Å². The van der Waals surface area contributed by atoms with Gasteiger partial charge in [0.1, 0.15) is 11.3 Å². The lowest BCUT2D eigenvalue weighted by Gasteiger charge is -2.25. The topological polar surface area (TPSA) is 54.8 Å². The molecule has 41 heavy (non-hydrogen) atoms. The molecule has 0 saturated heterocycles. The number of imidazole rings is 1. The molecule has 3 aromatic carbocycles. The lowest BCUT2D eigenvalue weighted by Crippen LogP contribution is -2.26. The minimum absolute atomic E-state index is 0.117. The van der Waals surface area contributed by atoms with Gasteiger partial charge in [0, 0.05) is 30.4 Å². The van der Waals surface area contributed by atoms with Crippen molar-refractivity contribution in [2.75, 3.05) is 11.9 Å². The summed E-state index contributed by atoms with van der Waals surface area (Å²) in [6.07, 6.45) is 8.77. The van der Waals surface area contributed by atoms with E-state index in [0.29, 0.717) is 0 Å². The molecule has 1 aliphatic rings. The standard InChI is InChI=1S/C36H45N5/c1-5-6-18-32-39-33-34(30-16-9-10-17-31(30)38-35(33)40-36(2,3)4)41(32)24-27-20-19-26(28-14-7-8-15-29(27)28)23-37-22-21-25-12-11-13-25/h7-10,14-17,19-20,25,37H,5-6,11-13,18,21-24H2,1-4H3,(H,38,40). The van der Waals surface area contributed by atoms with Crippen molar-refractivity contribution >= 4 is 38.5 Å². The van der Waals surface area contributed by atoms with Gasteiger partial charge in [-0.1, -0.05) is 87.2 Å². The summed E-state index contributed by atoms with van der Waals surface area (Å²) in [4.78, 5) is 10.3. The number of pyridine rings is 1. The third-order valence-corrected chi connectivity index (χ3v) is 8.61. The van der Waals surface area contributed by atoms with Gasteiger partial charge in [0.25, 0.3) is 0 Å². The first-order valence-electron chi connectivity index (χ1n) is 15.7. The van der Waals surface area contributed by atoms with Gasteiger partial charge < -0.3 is 15.2 Å². The Hall–Kier alpha value is -3.44. The molecule has 1 fully saturated rings. The van der Waals surface area contributed by atoms with E-state index in [1.807, 2.05) is 0 Å². The number of unbranched alkanes of at least 4 members (excludes halogenated alkanes) is 1. The number of nitrogens with one attached hydrogen (secondary N) is 2. The second-order valence-corrected chi connectivity index (χ2v) is 13.0. The molecule has 0 bridgehead atoms. The molecule has 0 atom stereocenters. The van der Waals surface area contributed by atoms with Crippen molar-refractivity contribution in [3.63, 3.8) is 0 Å². The third kappa shape index (κ3) is 5.97. The lowest BCUT2D eigenvalue weighted by atomic mass is 9.83. The minimum atomic E-state index is -0.117. The summed E-state index contributed by atoms with van der Waals surface area (Å²) < 4.78 is 2.47. The largest absolute Gasteiger partial charge is 0.364 e. The molecule has 5 nitrogen and oxygen atoms in total. The van der Waals surface area contributed by atoms with Crippen LogP contribution < -0.4 is 10.6 Å². The molecule has 2 aromatic heterocycles. The average molecular weight is 548 g/mol. The van der Waals surface area contributed by atoms with E-state index < -0.39 is 0 Å². The summed E-state index contributed by atoms with van der Waals surface area (Å²) in [5.74, 6) is 2.96. The number of hydrogen-bond donors (Lipinski definition) is 2. The van der Waals surface area contributed by atoms with Crippen LogP contribution in [0.15, 0.2) is 60.7 Å². The highest BCUT2D eigenvalue weighted by atomic mass is 15.1. The second-order valence-electron chi connectivity index (χ2n) is 13.0. The Morgan fingerprint density at radius 2 is 1.59 bits per heavy atom. The van der Waals surface area contributed by atoms with Gasteiger partial charge in [-0.25, -0.2) is 9.97 Å². The summed E-state index contributed by atoms with van der Waals surface area (Å²) >= 11 is 0. The van der Waals surface area contributed by atoms with Crippen LogP contribution >= 0.6 is 0 Å². The Labute approximate surface area is 244 Å². The maximum absolute atomic E-state index is 5.28. The third-order valence-electron chi connectivity index (χ3n) is 8.61. The van der Waals surface area contributed by atoms with Crippen molar-refractivity contribution in [3.8, 4) is 0 Å². The Kier molecular flexibility index (Phi) is 7.99. The molecule has 214 valence electrons. The van der Waals surface area contributed by atoms with Crippen molar-refractivity contribution in [3.05, 3.63) is 77.6 Å². The summed E-state index contributed by atoms with van der Waals surface area (Å²) in [6, 6.07) is 22.1. The summed E-state index contributed by atoms with van der Waals surface area (Å²) in [6.45, 7) is 11.6. The fourth-order valence-electron chi connectivity index (χ4n) is 6.22. The van der Waals surface area contributed by atoms with Gasteiger partial charge in [-0.15, -0.1) is 0 Å². The SMILES string of the molecule is CCCCc1nc2c(NC(C)(C)C)nc3ccccc3c2n1Cc1ccc(CNCCC2CCC2)c2ccccc12. The molecule has 5 aromatic rings. The summed E-state index contributed by atoms with van der Waals surface area (Å²) in [5, 5.41) is 11.2. The van der Waals surface area contributed by atoms with Crippen molar-refractivity contribution in [1.82, 2.24) is 19.9 Å². The molecule has 0 aliphatic heterocycles. The van der Waals surface area contributed by atoms with E-state index >= 15 is 0 Å². The maximum atomic E-state index is 5.28. The summed E-state index contributed by atoms with van der Waals surface area (Å²) in [5.41, 5.74) is 5.75. The maximum Gasteiger partial charge on any atom is 0.155 e. The molecule has 0 radical (unpaired) electrons. The van der Waals surface area contributed by atoms with Crippen LogP contribution in [-0.2, 0) is 19.5 Å². The number of aryl methyl sites for hydroxylation is 1. The van der Waals surface area contributed by atoms with Gasteiger partial charge in [-0.3, -0.25) is 0 Å². The van der Waals surface area contributed by atoms with Gasteiger partial charge >= 0.3 is 0 Å². The lowest BCUT2D eigenvalue weighted by molar-refractivity contribution is 0.292. The summed E-state index contributed by atoms with van der Waals surface area (Å²) in [7, 11) is 0. The number of rotatable bonds is 11. The number of hydrogen-bond acceptors (Lipinski definition) is 4. The van der Waals surface area contributed by atoms with Crippen LogP contribution in [0, 0.1) is 5.92 Å². The van der Waals surface area contributed by atoms with E-state index in [9.17, 15) is 0 Å². The number of benzene rings is 3. The molecule has 6 rings (SSSR count). The Balaban J connectivity index is 1.42. The highest BCUT2D eigenvalue weighted by Gasteiger charge is 2.22. The minimum Gasteiger partial charge on any atom is -0.364 e. The van der Waals surface area contributed by atoms with Crippen LogP contribution in [0.5, 0.6) is 0 Å². The highest BCUT2D eigenvalue weighted by molar-refractivity contribution is 6.07. The Morgan fingerprint density at radius 1 is 0.878 bits per heavy atom. The Morgan fingerprint density at radius 3 is 2.29 bits per heavy atom. The number of anilines is 1. The first-order chi connectivity index (χ1) is 19.9. The quantitative estimate of drug-likeness (QED) is 0.163. The first kappa shape index (κ1) is 27.7. The smallest absolute Gasteiger partial charge is 0.155 e. The molecular weight excluding hydrogens is 502 g/mol. The zero-order chi connectivity index (χ0) is 28.4. The van der Waals surface area contributed by atoms with E-state index in [-0.39, 0.29) is 5.54 Å². The predicted molar refractivity (Wildman–Crippen MR) is 174 cm³/mol. The van der Waals surface area contributed by atoms with Gasteiger partial charge in [0.05, 0.1) is 11.0 Å². The fraction of sp³-hybridized carbons (Fsp3) is 0.444. The van der Waals surface area contributed by atoms with Gasteiger partial charge in [-0.2, -0.15) is 0 Å². The zero-order valence-electron chi connectivity index (χ0n) is 25.3. The molecule has 1 saturated carbocycles. The van der Waals surface area contributed by atoms with Crippen molar-refractivity contribution in [2.45, 2.75) is 91.3 Å². The fourth-order valence-corrected chi connectivity index (χ4v) is 6.22. The van der Waals surface area contributed by atoms with Crippen LogP contribution in [0.4, 0.5) is 5.82 Å². The predicted octanol–water partition coefficient (Wildman–Crippen LogP) is 8.62. The van der Waals surface area contributed by atoms with Crippen LogP contribution in [0.3, 0.4) is 0 Å². The van der Waals surface area contributed by atoms with Crippen LogP contribution in [0.1, 0.15) is 83.2 Å². The normalized spacial score (nSPS) is 14.2. The number of para-hydroxylation sites is 1. The van der Waals surface area contributed by atoms with E-state index in [4.69, 9.17) is 9.97 Å². The van der Waals surface area contributed by atoms with Crippen LogP contribution in [0.25, 0.3) is 32.7 Å². The molecule has 2 heterocycles. The Bertz CT molecular complexity index is 1650. The van der Waals surface area contributed by atoms with Crippen LogP contribution in [0.2, 0.25) is 0 Å². The van der Waals surface area contributed by atoms with E-state index in [0.717, 1.165) is 72.9 Å². The molecule has 5 heteroatoms. The number of nitrogens with zero attached hydrogens (tertiary/aromatic N) is 3. The molecule has 0 spiro atoms. The van der Waals surface area contributed by atoms with Gasteiger partial charge in [0.2, 0.25) is 0 Å². The monoisotopic (exact) mass is 547 g/mol. The van der Waals surface area contributed by atoms with E-state index in [1.165, 1.54) is 53.1 Å². The zero-order valence-corrected chi connectivity index (χ0v) is 25.3. The van der Waals surface area contributed by atoms with Crippen molar-refractivity contribution in [2.24, 2.45) is 5.92 Å². The number of aromatic nitrogens is 3. The van der Waals surface area contributed by atoms with Crippen LogP contribution in [-0.4, -0.2) is 26.6 Å². The molecule has 1 aliphatic carbocycles. The van der Waals surface area contributed by atoms with Crippen molar-refractivity contribution < 1.29 is 0 Å². The second kappa shape index (κ2) is 11.8. The average Bonchev–Trinajstić information content (AvgIpc) is 3.29. The van der Waals surface area contributed by atoms with Gasteiger partial charge in [0.15, 0.2) is 5.82 Å². The van der Waals surface area contributed by atoms with E-state index in [1.54, 1.807) is 0 Å². The molecular formula is C36H45N5. The molecule has 0 amide bonds. The van der Waals surface area contributed by atoms with E-state index in [2.05, 4.69) is 104 Å². The first-order valence-corrected chi connectivity index (χ1v) is 15.7. The van der Waals surface area contributed by atoms with Gasteiger partial charge in [-0.05, 0) is 74.0 Å². The molecule has 2 N–H and O–H groups in total. The highest BCUT2D eigenvalue weighted by Crippen LogP contribution is 2.34.